The van der Waals surface area contributed by atoms with Gasteiger partial charge in [0.05, 0.1) is 24.9 Å². The Morgan fingerprint density at radius 3 is 2.50 bits per heavy atom. The third kappa shape index (κ3) is 3.02. The van der Waals surface area contributed by atoms with Crippen LogP contribution in [0.3, 0.4) is 0 Å². The van der Waals surface area contributed by atoms with Crippen molar-refractivity contribution in [3.8, 4) is 0 Å². The fourth-order valence-corrected chi connectivity index (χ4v) is 2.40. The molecule has 4 heteroatoms. The molecule has 1 heterocycles. The quantitative estimate of drug-likeness (QED) is 0.846. The zero-order valence-corrected chi connectivity index (χ0v) is 11.0. The second-order valence-electron chi connectivity index (χ2n) is 5.39. The highest BCUT2D eigenvalue weighted by atomic mass is 16.5. The first-order valence-electron chi connectivity index (χ1n) is 6.27. The van der Waals surface area contributed by atoms with E-state index in [0.29, 0.717) is 6.54 Å². The summed E-state index contributed by atoms with van der Waals surface area (Å²) in [5.41, 5.74) is 1.74. The number of anilines is 1. The van der Waals surface area contributed by atoms with E-state index in [-0.39, 0.29) is 24.9 Å². The van der Waals surface area contributed by atoms with Crippen molar-refractivity contribution >= 4 is 5.69 Å². The van der Waals surface area contributed by atoms with E-state index in [1.165, 1.54) is 0 Å². The van der Waals surface area contributed by atoms with Crippen LogP contribution in [0.4, 0.5) is 5.69 Å². The lowest BCUT2D eigenvalue weighted by atomic mass is 10.0. The van der Waals surface area contributed by atoms with Gasteiger partial charge in [-0.05, 0) is 31.5 Å². The van der Waals surface area contributed by atoms with Crippen molar-refractivity contribution in [2.24, 2.45) is 0 Å². The third-order valence-electron chi connectivity index (χ3n) is 3.17. The Balaban J connectivity index is 2.15. The molecule has 1 saturated heterocycles. The molecular formula is C14H21NO3. The largest absolute Gasteiger partial charge is 0.394 e. The van der Waals surface area contributed by atoms with Crippen molar-refractivity contribution < 1.29 is 14.9 Å². The Bertz CT molecular complexity index is 389. The monoisotopic (exact) mass is 251 g/mol. The van der Waals surface area contributed by atoms with Crippen molar-refractivity contribution in [3.63, 3.8) is 0 Å². The number of hydrogen-bond acceptors (Lipinski definition) is 4. The van der Waals surface area contributed by atoms with Gasteiger partial charge >= 0.3 is 0 Å². The van der Waals surface area contributed by atoms with Crippen molar-refractivity contribution in [2.45, 2.75) is 32.2 Å². The van der Waals surface area contributed by atoms with Gasteiger partial charge in [-0.2, -0.15) is 0 Å². The molecule has 0 bridgehead atoms. The molecule has 0 spiro atoms. The van der Waals surface area contributed by atoms with E-state index in [1.54, 1.807) is 0 Å². The first-order chi connectivity index (χ1) is 8.54. The second-order valence-corrected chi connectivity index (χ2v) is 5.39. The fourth-order valence-electron chi connectivity index (χ4n) is 2.40. The van der Waals surface area contributed by atoms with Gasteiger partial charge in [0.15, 0.2) is 0 Å². The van der Waals surface area contributed by atoms with Crippen molar-refractivity contribution in [1.82, 2.24) is 0 Å². The van der Waals surface area contributed by atoms with Gasteiger partial charge in [0.25, 0.3) is 0 Å². The summed E-state index contributed by atoms with van der Waals surface area (Å²) in [7, 11) is 0. The van der Waals surface area contributed by atoms with E-state index >= 15 is 0 Å². The summed E-state index contributed by atoms with van der Waals surface area (Å²) < 4.78 is 5.79. The molecule has 0 aromatic heterocycles. The molecule has 100 valence electrons. The molecule has 1 aromatic rings. The van der Waals surface area contributed by atoms with Crippen LogP contribution in [0.5, 0.6) is 0 Å². The topological polar surface area (TPSA) is 52.9 Å². The van der Waals surface area contributed by atoms with E-state index in [2.05, 4.69) is 4.90 Å². The maximum absolute atomic E-state index is 9.29. The number of rotatable bonds is 3. The molecule has 1 unspecified atom stereocenters. The maximum atomic E-state index is 9.29. The summed E-state index contributed by atoms with van der Waals surface area (Å²) >= 11 is 0. The molecule has 1 aliphatic heterocycles. The lowest BCUT2D eigenvalue weighted by Crippen LogP contribution is -2.54. The van der Waals surface area contributed by atoms with Crippen LogP contribution in [-0.4, -0.2) is 41.6 Å². The van der Waals surface area contributed by atoms with Crippen LogP contribution in [0.25, 0.3) is 0 Å². The molecule has 2 N–H and O–H groups in total. The summed E-state index contributed by atoms with van der Waals surface area (Å²) in [5, 5.41) is 18.3. The molecule has 18 heavy (non-hydrogen) atoms. The van der Waals surface area contributed by atoms with Gasteiger partial charge in [-0.25, -0.2) is 0 Å². The van der Waals surface area contributed by atoms with Crippen LogP contribution in [0.15, 0.2) is 24.3 Å². The Hall–Kier alpha value is -1.10. The molecule has 1 aromatic carbocycles. The number of ether oxygens (including phenoxy) is 1. The fraction of sp³-hybridized carbons (Fsp3) is 0.571. The van der Waals surface area contributed by atoms with Gasteiger partial charge in [-0.1, -0.05) is 12.1 Å². The first kappa shape index (κ1) is 13.3. The van der Waals surface area contributed by atoms with Gasteiger partial charge in [0.1, 0.15) is 0 Å². The van der Waals surface area contributed by atoms with Crippen LogP contribution in [0, 0.1) is 0 Å². The van der Waals surface area contributed by atoms with Gasteiger partial charge in [0, 0.05) is 18.8 Å². The number of aliphatic hydroxyl groups excluding tert-OH is 2. The van der Waals surface area contributed by atoms with Crippen molar-refractivity contribution in [2.75, 3.05) is 24.6 Å². The Morgan fingerprint density at radius 2 is 1.94 bits per heavy atom. The molecule has 0 amide bonds. The highest BCUT2D eigenvalue weighted by Crippen LogP contribution is 2.26. The molecule has 0 radical (unpaired) electrons. The van der Waals surface area contributed by atoms with Crippen LogP contribution < -0.4 is 4.90 Å². The van der Waals surface area contributed by atoms with Crippen molar-refractivity contribution in [3.05, 3.63) is 29.8 Å². The van der Waals surface area contributed by atoms with E-state index in [9.17, 15) is 5.11 Å². The molecule has 1 atom stereocenters. The number of morpholine rings is 1. The average molecular weight is 251 g/mol. The number of nitrogens with zero attached hydrogens (tertiary/aromatic N) is 1. The van der Waals surface area contributed by atoms with Crippen LogP contribution >= 0.6 is 0 Å². The average Bonchev–Trinajstić information content (AvgIpc) is 2.37. The van der Waals surface area contributed by atoms with E-state index in [0.717, 1.165) is 17.8 Å². The SMILES string of the molecule is CC1(C)CN(c2ccc(CO)cc2)CC(CO)O1. The summed E-state index contributed by atoms with van der Waals surface area (Å²) in [4.78, 5) is 2.21. The number of hydrogen-bond donors (Lipinski definition) is 2. The van der Waals surface area contributed by atoms with E-state index in [4.69, 9.17) is 9.84 Å². The predicted molar refractivity (Wildman–Crippen MR) is 70.6 cm³/mol. The van der Waals surface area contributed by atoms with Crippen LogP contribution in [0.1, 0.15) is 19.4 Å². The molecular weight excluding hydrogens is 230 g/mol. The van der Waals surface area contributed by atoms with E-state index in [1.807, 2.05) is 38.1 Å². The van der Waals surface area contributed by atoms with Gasteiger partial charge in [-0.3, -0.25) is 0 Å². The van der Waals surface area contributed by atoms with Crippen molar-refractivity contribution in [1.29, 1.82) is 0 Å². The summed E-state index contributed by atoms with van der Waals surface area (Å²) in [5.74, 6) is 0. The standard InChI is InChI=1S/C14H21NO3/c1-14(2)10-15(7-13(9-17)18-14)12-5-3-11(8-16)4-6-12/h3-6,13,16-17H,7-10H2,1-2H3. The third-order valence-corrected chi connectivity index (χ3v) is 3.17. The van der Waals surface area contributed by atoms with Gasteiger partial charge in [-0.15, -0.1) is 0 Å². The van der Waals surface area contributed by atoms with Gasteiger partial charge in [0.2, 0.25) is 0 Å². The maximum Gasteiger partial charge on any atom is 0.0988 e. The normalized spacial score (nSPS) is 23.1. The highest BCUT2D eigenvalue weighted by molar-refractivity contribution is 5.48. The smallest absolute Gasteiger partial charge is 0.0988 e. The Kier molecular flexibility index (Phi) is 3.90. The molecule has 2 rings (SSSR count). The van der Waals surface area contributed by atoms with Gasteiger partial charge < -0.3 is 19.8 Å². The Labute approximate surface area is 108 Å². The lowest BCUT2D eigenvalue weighted by molar-refractivity contribution is -0.101. The zero-order chi connectivity index (χ0) is 13.2. The minimum Gasteiger partial charge on any atom is -0.394 e. The second kappa shape index (κ2) is 5.26. The number of benzene rings is 1. The minimum atomic E-state index is -0.263. The summed E-state index contributed by atoms with van der Waals surface area (Å²) in [6.45, 7) is 5.65. The first-order valence-corrected chi connectivity index (χ1v) is 6.27. The predicted octanol–water partition coefficient (Wildman–Crippen LogP) is 1.16. The van der Waals surface area contributed by atoms with Crippen LogP contribution in [0.2, 0.25) is 0 Å². The zero-order valence-electron chi connectivity index (χ0n) is 11.0. The minimum absolute atomic E-state index is 0.0364. The molecule has 4 nitrogen and oxygen atoms in total. The van der Waals surface area contributed by atoms with E-state index < -0.39 is 0 Å². The lowest BCUT2D eigenvalue weighted by Gasteiger charge is -2.43. The summed E-state index contributed by atoms with van der Waals surface area (Å²) in [6.07, 6.45) is -0.147. The molecule has 0 aliphatic carbocycles. The molecule has 1 fully saturated rings. The molecule has 0 saturated carbocycles. The molecule has 1 aliphatic rings. The summed E-state index contributed by atoms with van der Waals surface area (Å²) in [6, 6.07) is 7.85. The highest BCUT2D eigenvalue weighted by Gasteiger charge is 2.33. The van der Waals surface area contributed by atoms with Crippen LogP contribution in [-0.2, 0) is 11.3 Å². The number of aliphatic hydroxyl groups is 2. The Morgan fingerprint density at radius 1 is 1.28 bits per heavy atom.